The Hall–Kier alpha value is -1.51. The Morgan fingerprint density at radius 3 is 2.72 bits per heavy atom. The highest BCUT2D eigenvalue weighted by atomic mass is 16.5. The Morgan fingerprint density at radius 1 is 1.39 bits per heavy atom. The van der Waals surface area contributed by atoms with Crippen LogP contribution >= 0.6 is 0 Å². The highest BCUT2D eigenvalue weighted by molar-refractivity contribution is 5.75. The molecule has 0 saturated heterocycles. The van der Waals surface area contributed by atoms with Gasteiger partial charge in [-0.25, -0.2) is 0 Å². The van der Waals surface area contributed by atoms with Gasteiger partial charge >= 0.3 is 0 Å². The number of hydrogen-bond donors (Lipinski definition) is 1. The molecule has 18 heavy (non-hydrogen) atoms. The van der Waals surface area contributed by atoms with E-state index in [0.717, 1.165) is 11.3 Å². The molecule has 1 amide bonds. The molecule has 3 heteroatoms. The van der Waals surface area contributed by atoms with Gasteiger partial charge in [0.2, 0.25) is 5.91 Å². The van der Waals surface area contributed by atoms with Crippen molar-refractivity contribution >= 4 is 5.91 Å². The number of carbonyl (C=O) groups excluding carboxylic acids is 1. The molecule has 0 fully saturated rings. The molecule has 1 N–H and O–H groups in total. The lowest BCUT2D eigenvalue weighted by molar-refractivity contribution is -0.121. The van der Waals surface area contributed by atoms with E-state index in [2.05, 4.69) is 37.4 Å². The summed E-state index contributed by atoms with van der Waals surface area (Å²) in [6.07, 6.45) is 0.402. The molecule has 1 aromatic rings. The van der Waals surface area contributed by atoms with Crippen molar-refractivity contribution in [3.8, 4) is 5.75 Å². The van der Waals surface area contributed by atoms with Crippen LogP contribution in [0.15, 0.2) is 18.2 Å². The van der Waals surface area contributed by atoms with Crippen LogP contribution in [0.5, 0.6) is 5.75 Å². The van der Waals surface area contributed by atoms with Crippen molar-refractivity contribution in [3.05, 3.63) is 29.3 Å². The van der Waals surface area contributed by atoms with Crippen LogP contribution in [0.2, 0.25) is 0 Å². The molecule has 1 rings (SSSR count). The van der Waals surface area contributed by atoms with Crippen molar-refractivity contribution in [1.82, 2.24) is 5.32 Å². The number of benzene rings is 1. The van der Waals surface area contributed by atoms with Crippen LogP contribution in [-0.2, 0) is 4.79 Å². The SMILES string of the molecule is CCNC(=O)CCOc1cc(C(C)C)ccc1C. The summed E-state index contributed by atoms with van der Waals surface area (Å²) in [4.78, 5) is 11.3. The van der Waals surface area contributed by atoms with E-state index in [1.165, 1.54) is 5.56 Å². The molecule has 0 aliphatic heterocycles. The van der Waals surface area contributed by atoms with Crippen molar-refractivity contribution in [2.75, 3.05) is 13.2 Å². The molecule has 0 atom stereocenters. The summed E-state index contributed by atoms with van der Waals surface area (Å²) >= 11 is 0. The number of ether oxygens (including phenoxy) is 1. The lowest BCUT2D eigenvalue weighted by atomic mass is 10.0. The standard InChI is InChI=1S/C15H23NO2/c1-5-16-15(17)8-9-18-14-10-13(11(2)3)7-6-12(14)4/h6-7,10-11H,5,8-9H2,1-4H3,(H,16,17). The number of rotatable bonds is 6. The minimum absolute atomic E-state index is 0.0372. The summed E-state index contributed by atoms with van der Waals surface area (Å²) in [6.45, 7) is 9.34. The Labute approximate surface area is 110 Å². The van der Waals surface area contributed by atoms with E-state index in [1.54, 1.807) is 0 Å². The van der Waals surface area contributed by atoms with Crippen LogP contribution < -0.4 is 10.1 Å². The monoisotopic (exact) mass is 249 g/mol. The Morgan fingerprint density at radius 2 is 2.11 bits per heavy atom. The van der Waals surface area contributed by atoms with Gasteiger partial charge in [-0.05, 0) is 37.0 Å². The van der Waals surface area contributed by atoms with Crippen LogP contribution in [0.1, 0.15) is 44.2 Å². The molecule has 0 aliphatic carbocycles. The lowest BCUT2D eigenvalue weighted by Gasteiger charge is -2.12. The van der Waals surface area contributed by atoms with Crippen LogP contribution in [0, 0.1) is 6.92 Å². The molecular formula is C15H23NO2. The minimum atomic E-state index is 0.0372. The fourth-order valence-electron chi connectivity index (χ4n) is 1.67. The molecule has 1 aromatic carbocycles. The zero-order chi connectivity index (χ0) is 13.5. The predicted molar refractivity (Wildman–Crippen MR) is 74.1 cm³/mol. The first-order valence-electron chi connectivity index (χ1n) is 6.54. The molecule has 0 aromatic heterocycles. The molecule has 100 valence electrons. The summed E-state index contributed by atoms with van der Waals surface area (Å²) in [7, 11) is 0. The van der Waals surface area contributed by atoms with Crippen molar-refractivity contribution in [3.63, 3.8) is 0 Å². The Bertz CT molecular complexity index is 399. The Balaban J connectivity index is 2.56. The fourth-order valence-corrected chi connectivity index (χ4v) is 1.67. The second-order valence-corrected chi connectivity index (χ2v) is 4.73. The second-order valence-electron chi connectivity index (χ2n) is 4.73. The van der Waals surface area contributed by atoms with E-state index in [-0.39, 0.29) is 5.91 Å². The van der Waals surface area contributed by atoms with Gasteiger partial charge in [0, 0.05) is 6.54 Å². The first-order chi connectivity index (χ1) is 8.54. The summed E-state index contributed by atoms with van der Waals surface area (Å²) in [5.41, 5.74) is 2.36. The van der Waals surface area contributed by atoms with E-state index in [9.17, 15) is 4.79 Å². The van der Waals surface area contributed by atoms with Gasteiger partial charge in [-0.3, -0.25) is 4.79 Å². The average Bonchev–Trinajstić information content (AvgIpc) is 2.31. The van der Waals surface area contributed by atoms with Gasteiger partial charge in [0.05, 0.1) is 13.0 Å². The highest BCUT2D eigenvalue weighted by Gasteiger charge is 2.06. The number of aryl methyl sites for hydroxylation is 1. The van der Waals surface area contributed by atoms with E-state index in [0.29, 0.717) is 25.5 Å². The smallest absolute Gasteiger partial charge is 0.223 e. The maximum atomic E-state index is 11.3. The maximum Gasteiger partial charge on any atom is 0.223 e. The van der Waals surface area contributed by atoms with E-state index in [4.69, 9.17) is 4.74 Å². The first-order valence-corrected chi connectivity index (χ1v) is 6.54. The van der Waals surface area contributed by atoms with Crippen molar-refractivity contribution in [2.24, 2.45) is 0 Å². The minimum Gasteiger partial charge on any atom is -0.493 e. The first kappa shape index (κ1) is 14.6. The van der Waals surface area contributed by atoms with E-state index in [1.807, 2.05) is 13.8 Å². The van der Waals surface area contributed by atoms with Crippen LogP contribution in [0.3, 0.4) is 0 Å². The molecule has 0 radical (unpaired) electrons. The second kappa shape index (κ2) is 7.04. The summed E-state index contributed by atoms with van der Waals surface area (Å²) in [5.74, 6) is 1.40. The van der Waals surface area contributed by atoms with Gasteiger partial charge in [-0.2, -0.15) is 0 Å². The molecule has 0 bridgehead atoms. The van der Waals surface area contributed by atoms with Gasteiger partial charge in [0.25, 0.3) is 0 Å². The van der Waals surface area contributed by atoms with Gasteiger partial charge < -0.3 is 10.1 Å². The Kier molecular flexibility index (Phi) is 5.69. The van der Waals surface area contributed by atoms with Crippen LogP contribution in [0.4, 0.5) is 0 Å². The van der Waals surface area contributed by atoms with E-state index < -0.39 is 0 Å². The van der Waals surface area contributed by atoms with Gasteiger partial charge in [0.15, 0.2) is 0 Å². The summed E-state index contributed by atoms with van der Waals surface area (Å²) < 4.78 is 5.68. The normalized spacial score (nSPS) is 10.5. The average molecular weight is 249 g/mol. The zero-order valence-electron chi connectivity index (χ0n) is 11.7. The van der Waals surface area contributed by atoms with Crippen molar-refractivity contribution < 1.29 is 9.53 Å². The third-order valence-electron chi connectivity index (χ3n) is 2.84. The molecule has 0 saturated carbocycles. The topological polar surface area (TPSA) is 38.3 Å². The lowest BCUT2D eigenvalue weighted by Crippen LogP contribution is -2.24. The molecular weight excluding hydrogens is 226 g/mol. The van der Waals surface area contributed by atoms with E-state index >= 15 is 0 Å². The molecule has 3 nitrogen and oxygen atoms in total. The van der Waals surface area contributed by atoms with Crippen LogP contribution in [0.25, 0.3) is 0 Å². The van der Waals surface area contributed by atoms with Crippen molar-refractivity contribution in [1.29, 1.82) is 0 Å². The number of hydrogen-bond acceptors (Lipinski definition) is 2. The summed E-state index contributed by atoms with van der Waals surface area (Å²) in [6, 6.07) is 6.26. The number of amides is 1. The largest absolute Gasteiger partial charge is 0.493 e. The predicted octanol–water partition coefficient (Wildman–Crippen LogP) is 3.02. The van der Waals surface area contributed by atoms with Crippen molar-refractivity contribution in [2.45, 2.75) is 40.0 Å². The van der Waals surface area contributed by atoms with Gasteiger partial charge in [-0.15, -0.1) is 0 Å². The third kappa shape index (κ3) is 4.40. The van der Waals surface area contributed by atoms with Crippen LogP contribution in [-0.4, -0.2) is 19.1 Å². The molecule has 0 heterocycles. The number of carbonyl (C=O) groups is 1. The quantitative estimate of drug-likeness (QED) is 0.841. The zero-order valence-corrected chi connectivity index (χ0v) is 11.7. The number of nitrogens with one attached hydrogen (secondary N) is 1. The molecule has 0 unspecified atom stereocenters. The molecule has 0 aliphatic rings. The highest BCUT2D eigenvalue weighted by Crippen LogP contribution is 2.24. The molecule has 0 spiro atoms. The maximum absolute atomic E-state index is 11.3. The summed E-state index contributed by atoms with van der Waals surface area (Å²) in [5, 5.41) is 2.76. The fraction of sp³-hybridized carbons (Fsp3) is 0.533. The van der Waals surface area contributed by atoms with Gasteiger partial charge in [-0.1, -0.05) is 26.0 Å². The third-order valence-corrected chi connectivity index (χ3v) is 2.84. The van der Waals surface area contributed by atoms with Gasteiger partial charge in [0.1, 0.15) is 5.75 Å².